The molecule has 0 aromatic rings. The molecule has 1 amide bonds. The van der Waals surface area contributed by atoms with E-state index in [-0.39, 0.29) is 42.9 Å². The summed E-state index contributed by atoms with van der Waals surface area (Å²) in [4.78, 5) is 10.9. The molecule has 0 saturated heterocycles. The van der Waals surface area contributed by atoms with Gasteiger partial charge in [-0.15, -0.1) is 0 Å². The molecule has 0 aliphatic rings. The Kier molecular flexibility index (Phi) is 13.4. The van der Waals surface area contributed by atoms with Crippen LogP contribution in [0.1, 0.15) is 47.4 Å². The Balaban J connectivity index is -0.000000720. The van der Waals surface area contributed by atoms with Crippen LogP contribution in [0.15, 0.2) is 12.7 Å². The van der Waals surface area contributed by atoms with Gasteiger partial charge in [0.25, 0.3) is 0 Å². The van der Waals surface area contributed by atoms with E-state index in [0.717, 1.165) is 6.42 Å². The summed E-state index contributed by atoms with van der Waals surface area (Å²) in [5.41, 5.74) is 0. The fraction of sp³-hybridized carbons (Fsp3) is 0.727. The first-order valence-corrected chi connectivity index (χ1v) is 5.13. The van der Waals surface area contributed by atoms with Crippen molar-refractivity contribution in [2.75, 3.05) is 0 Å². The standard InChI is InChI=1S/C11H21NO.Na.H/c1-4-6-7-8-9-10(3)12-11(13)5-2;;/h5,10H,2,4,6-9H2,1,3H3,(H,12,13);;/q;+1;-1. The average molecular weight is 207 g/mol. The number of unbranched alkanes of at least 4 members (excludes halogenated alkanes) is 3. The minimum absolute atomic E-state index is 0. The maximum Gasteiger partial charge on any atom is 1.00 e. The summed E-state index contributed by atoms with van der Waals surface area (Å²) in [7, 11) is 0. The van der Waals surface area contributed by atoms with Gasteiger partial charge >= 0.3 is 29.6 Å². The summed E-state index contributed by atoms with van der Waals surface area (Å²) in [5.74, 6) is -0.0667. The van der Waals surface area contributed by atoms with Crippen LogP contribution >= 0.6 is 0 Å². The van der Waals surface area contributed by atoms with Gasteiger partial charge in [-0.05, 0) is 19.4 Å². The Morgan fingerprint density at radius 3 is 2.64 bits per heavy atom. The molecule has 2 nitrogen and oxygen atoms in total. The molecule has 3 heteroatoms. The Morgan fingerprint density at radius 1 is 1.50 bits per heavy atom. The molecule has 0 saturated carbocycles. The minimum atomic E-state index is -0.0667. The topological polar surface area (TPSA) is 29.1 Å². The molecular weight excluding hydrogens is 185 g/mol. The monoisotopic (exact) mass is 207 g/mol. The van der Waals surface area contributed by atoms with E-state index >= 15 is 0 Å². The first-order valence-electron chi connectivity index (χ1n) is 5.13. The third-order valence-electron chi connectivity index (χ3n) is 2.06. The molecule has 1 N–H and O–H groups in total. The van der Waals surface area contributed by atoms with E-state index in [0.29, 0.717) is 0 Å². The van der Waals surface area contributed by atoms with Crippen LogP contribution < -0.4 is 34.9 Å². The van der Waals surface area contributed by atoms with Crippen molar-refractivity contribution in [2.45, 2.75) is 52.0 Å². The second-order valence-electron chi connectivity index (χ2n) is 3.46. The van der Waals surface area contributed by atoms with Gasteiger partial charge in [0, 0.05) is 6.04 Å². The molecule has 0 heterocycles. The van der Waals surface area contributed by atoms with E-state index in [1.165, 1.54) is 31.8 Å². The summed E-state index contributed by atoms with van der Waals surface area (Å²) in [6, 6.07) is 0.280. The van der Waals surface area contributed by atoms with E-state index in [1.807, 2.05) is 6.92 Å². The number of nitrogens with one attached hydrogen (secondary N) is 1. The SMILES string of the molecule is C=CC(=O)NC(C)CCCCCC.[H-].[Na+]. The molecular formula is C11H22NNaO. The van der Waals surface area contributed by atoms with E-state index < -0.39 is 0 Å². The molecule has 0 bridgehead atoms. The second kappa shape index (κ2) is 11.3. The second-order valence-corrected chi connectivity index (χ2v) is 3.46. The van der Waals surface area contributed by atoms with Crippen molar-refractivity contribution in [3.8, 4) is 0 Å². The van der Waals surface area contributed by atoms with Crippen molar-refractivity contribution in [1.29, 1.82) is 0 Å². The van der Waals surface area contributed by atoms with E-state index in [4.69, 9.17) is 0 Å². The van der Waals surface area contributed by atoms with Crippen LogP contribution in [0.3, 0.4) is 0 Å². The Hall–Kier alpha value is 0.210. The van der Waals surface area contributed by atoms with Gasteiger partial charge in [-0.2, -0.15) is 0 Å². The van der Waals surface area contributed by atoms with Gasteiger partial charge in [0.05, 0.1) is 0 Å². The average Bonchev–Trinajstić information content (AvgIpc) is 2.12. The van der Waals surface area contributed by atoms with Crippen molar-refractivity contribution in [3.63, 3.8) is 0 Å². The summed E-state index contributed by atoms with van der Waals surface area (Å²) in [5, 5.41) is 2.85. The van der Waals surface area contributed by atoms with Gasteiger partial charge in [-0.1, -0.05) is 39.2 Å². The Labute approximate surface area is 111 Å². The molecule has 78 valence electrons. The predicted octanol–water partition coefficient (Wildman–Crippen LogP) is -0.236. The van der Waals surface area contributed by atoms with Crippen LogP contribution in [-0.2, 0) is 4.79 Å². The van der Waals surface area contributed by atoms with Gasteiger partial charge in [-0.3, -0.25) is 4.79 Å². The first-order chi connectivity index (χ1) is 6.20. The fourth-order valence-electron chi connectivity index (χ4n) is 1.25. The zero-order valence-corrected chi connectivity index (χ0v) is 11.8. The number of amides is 1. The minimum Gasteiger partial charge on any atom is -1.00 e. The number of carbonyl (C=O) groups excluding carboxylic acids is 1. The number of rotatable bonds is 7. The Morgan fingerprint density at radius 2 is 2.14 bits per heavy atom. The number of hydrogen-bond acceptors (Lipinski definition) is 1. The molecule has 0 radical (unpaired) electrons. The first kappa shape index (κ1) is 16.6. The molecule has 0 aromatic heterocycles. The van der Waals surface area contributed by atoms with Crippen LogP contribution in [0, 0.1) is 0 Å². The molecule has 0 rings (SSSR count). The van der Waals surface area contributed by atoms with Crippen molar-refractivity contribution < 1.29 is 35.8 Å². The smallest absolute Gasteiger partial charge is 1.00 e. The van der Waals surface area contributed by atoms with Crippen LogP contribution in [0.5, 0.6) is 0 Å². The van der Waals surface area contributed by atoms with Crippen molar-refractivity contribution in [1.82, 2.24) is 5.32 Å². The van der Waals surface area contributed by atoms with Crippen LogP contribution in [0.2, 0.25) is 0 Å². The zero-order valence-electron chi connectivity index (χ0n) is 10.8. The maximum absolute atomic E-state index is 10.9. The molecule has 14 heavy (non-hydrogen) atoms. The maximum atomic E-state index is 10.9. The molecule has 0 aliphatic heterocycles. The van der Waals surface area contributed by atoms with E-state index in [9.17, 15) is 4.79 Å². The zero-order chi connectivity index (χ0) is 10.1. The summed E-state index contributed by atoms with van der Waals surface area (Å²) < 4.78 is 0. The molecule has 0 aliphatic carbocycles. The van der Waals surface area contributed by atoms with Crippen molar-refractivity contribution in [2.24, 2.45) is 0 Å². The molecule has 0 aromatic carbocycles. The van der Waals surface area contributed by atoms with Crippen LogP contribution in [-0.4, -0.2) is 11.9 Å². The predicted molar refractivity (Wildman–Crippen MR) is 57.7 cm³/mol. The van der Waals surface area contributed by atoms with Gasteiger partial charge in [0.1, 0.15) is 0 Å². The molecule has 1 unspecified atom stereocenters. The molecule has 1 atom stereocenters. The van der Waals surface area contributed by atoms with Gasteiger partial charge < -0.3 is 6.74 Å². The summed E-state index contributed by atoms with van der Waals surface area (Å²) in [6.07, 6.45) is 7.41. The van der Waals surface area contributed by atoms with E-state index in [2.05, 4.69) is 18.8 Å². The summed E-state index contributed by atoms with van der Waals surface area (Å²) in [6.45, 7) is 7.64. The molecule has 0 spiro atoms. The van der Waals surface area contributed by atoms with Gasteiger partial charge in [-0.25, -0.2) is 0 Å². The van der Waals surface area contributed by atoms with Gasteiger partial charge in [0.2, 0.25) is 5.91 Å². The number of carbonyl (C=O) groups is 1. The van der Waals surface area contributed by atoms with Crippen molar-refractivity contribution in [3.05, 3.63) is 12.7 Å². The number of hydrogen-bond donors (Lipinski definition) is 1. The van der Waals surface area contributed by atoms with Crippen LogP contribution in [0.25, 0.3) is 0 Å². The summed E-state index contributed by atoms with van der Waals surface area (Å²) >= 11 is 0. The van der Waals surface area contributed by atoms with Gasteiger partial charge in [0.15, 0.2) is 0 Å². The third kappa shape index (κ3) is 10.3. The third-order valence-corrected chi connectivity index (χ3v) is 2.06. The fourth-order valence-corrected chi connectivity index (χ4v) is 1.25. The molecule has 0 fully saturated rings. The van der Waals surface area contributed by atoms with Crippen molar-refractivity contribution >= 4 is 5.91 Å². The van der Waals surface area contributed by atoms with Crippen LogP contribution in [0.4, 0.5) is 0 Å². The quantitative estimate of drug-likeness (QED) is 0.348. The largest absolute Gasteiger partial charge is 1.00 e. The Bertz CT molecular complexity index is 165. The van der Waals surface area contributed by atoms with E-state index in [1.54, 1.807) is 0 Å². The normalized spacial score (nSPS) is 11.3.